The van der Waals surface area contributed by atoms with Crippen LogP contribution in [0.15, 0.2) is 126 Å². The summed E-state index contributed by atoms with van der Waals surface area (Å²) in [5, 5.41) is 12.7. The minimum atomic E-state index is -0.368. The summed E-state index contributed by atoms with van der Waals surface area (Å²) in [6, 6.07) is 40.5. The number of amides is 1. The van der Waals surface area contributed by atoms with Crippen molar-refractivity contribution in [2.75, 3.05) is 0 Å². The zero-order chi connectivity index (χ0) is 26.3. The predicted molar refractivity (Wildman–Crippen MR) is 153 cm³/mol. The largest absolute Gasteiger partial charge is 0.344 e. The van der Waals surface area contributed by atoms with Crippen LogP contribution in [0.4, 0.5) is 0 Å². The fourth-order valence-electron chi connectivity index (χ4n) is 4.58. The van der Waals surface area contributed by atoms with Gasteiger partial charge in [0, 0.05) is 7.05 Å². The quantitative estimate of drug-likeness (QED) is 0.230. The van der Waals surface area contributed by atoms with E-state index in [1.54, 1.807) is 0 Å². The first-order valence-electron chi connectivity index (χ1n) is 12.7. The molecule has 0 aliphatic heterocycles. The second-order valence-electron chi connectivity index (χ2n) is 9.18. The van der Waals surface area contributed by atoms with Gasteiger partial charge in [-0.15, -0.1) is 10.2 Å². The van der Waals surface area contributed by atoms with Crippen LogP contribution >= 0.6 is 11.8 Å². The van der Waals surface area contributed by atoms with Crippen LogP contribution < -0.4 is 5.32 Å². The number of thioether (sulfide) groups is 1. The molecule has 5 aromatic rings. The Balaban J connectivity index is 1.37. The molecule has 0 bridgehead atoms. The molecule has 0 spiro atoms. The number of nitrogens with zero attached hydrogens (tertiary/aromatic N) is 3. The topological polar surface area (TPSA) is 59.8 Å². The van der Waals surface area contributed by atoms with Gasteiger partial charge in [0.15, 0.2) is 5.16 Å². The SMILES string of the molecule is C[C@H](Sc1nnc(C(c2ccccc2)c2ccccc2)n1C)C(=O)NC(c1ccccc1)c1ccccc1. The van der Waals surface area contributed by atoms with Gasteiger partial charge in [-0.05, 0) is 29.2 Å². The molecule has 5 rings (SSSR count). The van der Waals surface area contributed by atoms with Gasteiger partial charge in [0.1, 0.15) is 5.82 Å². The van der Waals surface area contributed by atoms with Gasteiger partial charge in [-0.2, -0.15) is 0 Å². The molecule has 1 N–H and O–H groups in total. The summed E-state index contributed by atoms with van der Waals surface area (Å²) in [6.45, 7) is 1.91. The van der Waals surface area contributed by atoms with Crippen LogP contribution in [0.25, 0.3) is 0 Å². The number of hydrogen-bond acceptors (Lipinski definition) is 4. The molecule has 38 heavy (non-hydrogen) atoms. The summed E-state index contributed by atoms with van der Waals surface area (Å²) in [4.78, 5) is 13.4. The Morgan fingerprint density at radius 2 is 1.11 bits per heavy atom. The van der Waals surface area contributed by atoms with Crippen molar-refractivity contribution < 1.29 is 4.79 Å². The molecule has 190 valence electrons. The number of nitrogens with one attached hydrogen (secondary N) is 1. The monoisotopic (exact) mass is 518 g/mol. The minimum absolute atomic E-state index is 0.0556. The van der Waals surface area contributed by atoms with E-state index in [1.165, 1.54) is 11.8 Å². The van der Waals surface area contributed by atoms with Crippen LogP contribution in [-0.2, 0) is 11.8 Å². The van der Waals surface area contributed by atoms with Crippen LogP contribution in [0.3, 0.4) is 0 Å². The van der Waals surface area contributed by atoms with Crippen molar-refractivity contribution >= 4 is 17.7 Å². The number of rotatable bonds is 9. The van der Waals surface area contributed by atoms with Gasteiger partial charge in [-0.25, -0.2) is 0 Å². The summed E-state index contributed by atoms with van der Waals surface area (Å²) >= 11 is 1.42. The molecule has 1 aromatic heterocycles. The van der Waals surface area contributed by atoms with Crippen LogP contribution in [0.1, 0.15) is 47.0 Å². The van der Waals surface area contributed by atoms with Crippen LogP contribution in [-0.4, -0.2) is 25.9 Å². The second-order valence-corrected chi connectivity index (χ2v) is 10.5. The van der Waals surface area contributed by atoms with E-state index in [9.17, 15) is 4.79 Å². The third-order valence-corrected chi connectivity index (χ3v) is 7.73. The Bertz CT molecular complexity index is 1380. The number of hydrogen-bond donors (Lipinski definition) is 1. The van der Waals surface area contributed by atoms with Gasteiger partial charge in [0.05, 0.1) is 17.2 Å². The molecular formula is C32H30N4OS. The molecule has 0 saturated carbocycles. The van der Waals surface area contributed by atoms with Crippen molar-refractivity contribution in [2.24, 2.45) is 7.05 Å². The first kappa shape index (κ1) is 25.5. The van der Waals surface area contributed by atoms with Crippen molar-refractivity contribution in [3.8, 4) is 0 Å². The maximum Gasteiger partial charge on any atom is 0.234 e. The molecule has 5 nitrogen and oxygen atoms in total. The van der Waals surface area contributed by atoms with Gasteiger partial charge in [-0.1, -0.05) is 133 Å². The standard InChI is InChI=1S/C32H30N4OS/c1-23(31(37)33-29(26-19-11-5-12-20-26)27-21-13-6-14-22-27)38-32-35-34-30(36(32)2)28(24-15-7-3-8-16-24)25-17-9-4-10-18-25/h3-23,28-29H,1-2H3,(H,33,37)/t23-/m0/s1. The zero-order valence-electron chi connectivity index (χ0n) is 21.4. The highest BCUT2D eigenvalue weighted by Gasteiger charge is 2.26. The molecular weight excluding hydrogens is 488 g/mol. The van der Waals surface area contributed by atoms with Crippen molar-refractivity contribution in [1.29, 1.82) is 0 Å². The lowest BCUT2D eigenvalue weighted by atomic mass is 9.90. The Hall–Kier alpha value is -4.16. The molecule has 0 aliphatic rings. The van der Waals surface area contributed by atoms with Gasteiger partial charge in [-0.3, -0.25) is 4.79 Å². The Kier molecular flexibility index (Phi) is 8.00. The number of aromatic nitrogens is 3. The number of carbonyl (C=O) groups excluding carboxylic acids is 1. The van der Waals surface area contributed by atoms with Crippen LogP contribution in [0.5, 0.6) is 0 Å². The maximum absolute atomic E-state index is 13.4. The average Bonchev–Trinajstić information content (AvgIpc) is 3.33. The van der Waals surface area contributed by atoms with E-state index in [0.29, 0.717) is 5.16 Å². The van der Waals surface area contributed by atoms with E-state index >= 15 is 0 Å². The highest BCUT2D eigenvalue weighted by Crippen LogP contribution is 2.33. The zero-order valence-corrected chi connectivity index (χ0v) is 22.3. The lowest BCUT2D eigenvalue weighted by Gasteiger charge is -2.22. The Morgan fingerprint density at radius 3 is 1.55 bits per heavy atom. The molecule has 0 unspecified atom stereocenters. The van der Waals surface area contributed by atoms with E-state index in [0.717, 1.165) is 28.1 Å². The molecule has 4 aromatic carbocycles. The van der Waals surface area contributed by atoms with E-state index in [2.05, 4.69) is 39.8 Å². The van der Waals surface area contributed by atoms with Gasteiger partial charge in [0.25, 0.3) is 0 Å². The summed E-state index contributed by atoms with van der Waals surface area (Å²) in [6.07, 6.45) is 0. The number of carbonyl (C=O) groups is 1. The Morgan fingerprint density at radius 1 is 0.684 bits per heavy atom. The predicted octanol–water partition coefficient (Wildman–Crippen LogP) is 6.38. The third kappa shape index (κ3) is 5.71. The summed E-state index contributed by atoms with van der Waals surface area (Å²) < 4.78 is 2.00. The summed E-state index contributed by atoms with van der Waals surface area (Å²) in [5.74, 6) is 0.720. The van der Waals surface area contributed by atoms with E-state index in [1.807, 2.05) is 116 Å². The van der Waals surface area contributed by atoms with Crippen molar-refractivity contribution in [3.05, 3.63) is 149 Å². The lowest BCUT2D eigenvalue weighted by Crippen LogP contribution is -2.35. The molecule has 1 atom stereocenters. The van der Waals surface area contributed by atoms with Gasteiger partial charge in [0.2, 0.25) is 5.91 Å². The highest BCUT2D eigenvalue weighted by atomic mass is 32.2. The highest BCUT2D eigenvalue weighted by molar-refractivity contribution is 8.00. The molecule has 1 heterocycles. The first-order valence-corrected chi connectivity index (χ1v) is 13.6. The normalized spacial score (nSPS) is 12.0. The van der Waals surface area contributed by atoms with Crippen LogP contribution in [0, 0.1) is 0 Å². The van der Waals surface area contributed by atoms with Crippen LogP contribution in [0.2, 0.25) is 0 Å². The van der Waals surface area contributed by atoms with E-state index in [-0.39, 0.29) is 23.1 Å². The molecule has 1 amide bonds. The molecule has 0 saturated heterocycles. The first-order chi connectivity index (χ1) is 18.6. The van der Waals surface area contributed by atoms with E-state index < -0.39 is 0 Å². The third-order valence-electron chi connectivity index (χ3n) is 6.60. The average molecular weight is 519 g/mol. The molecule has 0 fully saturated rings. The minimum Gasteiger partial charge on any atom is -0.344 e. The summed E-state index contributed by atoms with van der Waals surface area (Å²) in [5.41, 5.74) is 4.37. The van der Waals surface area contributed by atoms with Gasteiger partial charge < -0.3 is 9.88 Å². The lowest BCUT2D eigenvalue weighted by molar-refractivity contribution is -0.120. The smallest absolute Gasteiger partial charge is 0.234 e. The summed E-state index contributed by atoms with van der Waals surface area (Å²) in [7, 11) is 1.97. The maximum atomic E-state index is 13.4. The fourth-order valence-corrected chi connectivity index (χ4v) is 5.41. The van der Waals surface area contributed by atoms with Gasteiger partial charge >= 0.3 is 0 Å². The molecule has 0 aliphatic carbocycles. The number of benzene rings is 4. The molecule has 6 heteroatoms. The fraction of sp³-hybridized carbons (Fsp3) is 0.156. The van der Waals surface area contributed by atoms with Crippen molar-refractivity contribution in [3.63, 3.8) is 0 Å². The Labute approximate surface area is 228 Å². The van der Waals surface area contributed by atoms with Crippen molar-refractivity contribution in [2.45, 2.75) is 29.3 Å². The van der Waals surface area contributed by atoms with E-state index in [4.69, 9.17) is 0 Å². The second kappa shape index (κ2) is 11.9. The molecule has 0 radical (unpaired) electrons. The van der Waals surface area contributed by atoms with Crippen molar-refractivity contribution in [1.82, 2.24) is 20.1 Å².